The van der Waals surface area contributed by atoms with Gasteiger partial charge in [0.2, 0.25) is 0 Å². The molecule has 0 aromatic heterocycles. The third-order valence-electron chi connectivity index (χ3n) is 4.87. The zero-order valence-corrected chi connectivity index (χ0v) is 14.9. The predicted molar refractivity (Wildman–Crippen MR) is 95.9 cm³/mol. The molecule has 0 amide bonds. The standard InChI is InChI=1S/C19H14Cl2F3NO/c20-10-4-6-15(16(21)8-10)18-14-3-1-2-12(14)13-7-5-11(9-17(13)25-18)26-19(22,23)24/h1-2,4-9,12,14,18,25H,3H2. The van der Waals surface area contributed by atoms with Crippen LogP contribution in [0, 0.1) is 5.92 Å². The van der Waals surface area contributed by atoms with E-state index in [-0.39, 0.29) is 23.6 Å². The molecule has 0 spiro atoms. The molecular formula is C19H14Cl2F3NO. The van der Waals surface area contributed by atoms with Crippen molar-refractivity contribution in [3.63, 3.8) is 0 Å². The molecule has 0 saturated carbocycles. The Bertz CT molecular complexity index is 882. The maximum absolute atomic E-state index is 12.5. The van der Waals surface area contributed by atoms with Crippen LogP contribution in [0.5, 0.6) is 5.75 Å². The molecule has 3 unspecified atom stereocenters. The van der Waals surface area contributed by atoms with Crippen LogP contribution >= 0.6 is 23.2 Å². The molecule has 2 nitrogen and oxygen atoms in total. The van der Waals surface area contributed by atoms with E-state index in [2.05, 4.69) is 22.2 Å². The van der Waals surface area contributed by atoms with Gasteiger partial charge in [-0.15, -0.1) is 13.2 Å². The highest BCUT2D eigenvalue weighted by Crippen LogP contribution is 2.51. The third-order valence-corrected chi connectivity index (χ3v) is 5.43. The summed E-state index contributed by atoms with van der Waals surface area (Å²) in [5.41, 5.74) is 2.46. The molecule has 0 saturated heterocycles. The number of anilines is 1. The van der Waals surface area contributed by atoms with Crippen molar-refractivity contribution in [1.82, 2.24) is 0 Å². The molecule has 2 aromatic rings. The Hall–Kier alpha value is -1.85. The number of nitrogens with one attached hydrogen (secondary N) is 1. The van der Waals surface area contributed by atoms with Gasteiger partial charge >= 0.3 is 6.36 Å². The molecule has 3 atom stereocenters. The minimum atomic E-state index is -4.72. The van der Waals surface area contributed by atoms with Crippen LogP contribution in [0.2, 0.25) is 10.0 Å². The van der Waals surface area contributed by atoms with Gasteiger partial charge in [0, 0.05) is 27.7 Å². The van der Waals surface area contributed by atoms with Crippen LogP contribution in [-0.4, -0.2) is 6.36 Å². The minimum absolute atomic E-state index is 0.114. The fraction of sp³-hybridized carbons (Fsp3) is 0.263. The van der Waals surface area contributed by atoms with Gasteiger partial charge in [0.05, 0.1) is 6.04 Å². The Morgan fingerprint density at radius 1 is 1.04 bits per heavy atom. The summed E-state index contributed by atoms with van der Waals surface area (Å²) in [6.07, 6.45) is 0.341. The molecule has 2 aromatic carbocycles. The predicted octanol–water partition coefficient (Wildman–Crippen LogP) is 6.72. The molecule has 0 fully saturated rings. The Morgan fingerprint density at radius 3 is 2.54 bits per heavy atom. The van der Waals surface area contributed by atoms with Gasteiger partial charge in [-0.2, -0.15) is 0 Å². The largest absolute Gasteiger partial charge is 0.573 e. The quantitative estimate of drug-likeness (QED) is 0.565. The summed E-state index contributed by atoms with van der Waals surface area (Å²) in [5.74, 6) is 0.101. The van der Waals surface area contributed by atoms with Crippen molar-refractivity contribution in [2.75, 3.05) is 5.32 Å². The molecule has 2 aliphatic rings. The Morgan fingerprint density at radius 2 is 1.81 bits per heavy atom. The van der Waals surface area contributed by atoms with Crippen molar-refractivity contribution in [1.29, 1.82) is 0 Å². The Balaban J connectivity index is 1.74. The van der Waals surface area contributed by atoms with Crippen molar-refractivity contribution in [3.05, 3.63) is 69.7 Å². The van der Waals surface area contributed by atoms with Crippen molar-refractivity contribution >= 4 is 28.9 Å². The lowest BCUT2D eigenvalue weighted by Crippen LogP contribution is -2.29. The molecule has 1 N–H and O–H groups in total. The van der Waals surface area contributed by atoms with Gasteiger partial charge in [0.1, 0.15) is 5.75 Å². The first-order chi connectivity index (χ1) is 12.3. The van der Waals surface area contributed by atoms with Crippen LogP contribution in [0.3, 0.4) is 0 Å². The van der Waals surface area contributed by atoms with Crippen molar-refractivity contribution in [2.45, 2.75) is 24.7 Å². The summed E-state index contributed by atoms with van der Waals surface area (Å²) in [4.78, 5) is 0. The second-order valence-electron chi connectivity index (χ2n) is 6.44. The van der Waals surface area contributed by atoms with Crippen LogP contribution in [0.15, 0.2) is 48.6 Å². The number of halogens is 5. The maximum atomic E-state index is 12.5. The van der Waals surface area contributed by atoms with E-state index in [1.165, 1.54) is 12.1 Å². The molecular weight excluding hydrogens is 386 g/mol. The summed E-state index contributed by atoms with van der Waals surface area (Å²) < 4.78 is 41.7. The van der Waals surface area contributed by atoms with Gasteiger partial charge in [0.25, 0.3) is 0 Å². The molecule has 1 aliphatic carbocycles. The van der Waals surface area contributed by atoms with E-state index in [0.29, 0.717) is 15.7 Å². The highest BCUT2D eigenvalue weighted by Gasteiger charge is 2.39. The van der Waals surface area contributed by atoms with Crippen LogP contribution < -0.4 is 10.1 Å². The average Bonchev–Trinajstić information content (AvgIpc) is 3.02. The Kier molecular flexibility index (Phi) is 4.32. The fourth-order valence-corrected chi connectivity index (χ4v) is 4.36. The minimum Gasteiger partial charge on any atom is -0.406 e. The van der Waals surface area contributed by atoms with Crippen LogP contribution in [0.25, 0.3) is 0 Å². The summed E-state index contributed by atoms with van der Waals surface area (Å²) in [6, 6.07) is 9.61. The van der Waals surface area contributed by atoms with Gasteiger partial charge in [0.15, 0.2) is 0 Å². The van der Waals surface area contributed by atoms with Gasteiger partial charge in [-0.05, 0) is 41.7 Å². The van der Waals surface area contributed by atoms with Gasteiger partial charge in [-0.25, -0.2) is 0 Å². The smallest absolute Gasteiger partial charge is 0.406 e. The average molecular weight is 400 g/mol. The lowest BCUT2D eigenvalue weighted by atomic mass is 9.77. The second kappa shape index (κ2) is 6.39. The van der Waals surface area contributed by atoms with E-state index < -0.39 is 6.36 Å². The fourth-order valence-electron chi connectivity index (χ4n) is 3.83. The number of hydrogen-bond acceptors (Lipinski definition) is 2. The monoisotopic (exact) mass is 399 g/mol. The van der Waals surface area contributed by atoms with E-state index in [9.17, 15) is 13.2 Å². The first-order valence-corrected chi connectivity index (χ1v) is 8.85. The van der Waals surface area contributed by atoms with E-state index in [4.69, 9.17) is 23.2 Å². The van der Waals surface area contributed by atoms with E-state index >= 15 is 0 Å². The van der Waals surface area contributed by atoms with Crippen molar-refractivity contribution < 1.29 is 17.9 Å². The lowest BCUT2D eigenvalue weighted by Gasteiger charge is -2.38. The highest BCUT2D eigenvalue weighted by atomic mass is 35.5. The number of alkyl halides is 3. The Labute approximate surface area is 158 Å². The SMILES string of the molecule is FC(F)(F)Oc1ccc2c(c1)NC(c1ccc(Cl)cc1Cl)C1CC=CC21. The van der Waals surface area contributed by atoms with E-state index in [1.807, 2.05) is 6.07 Å². The zero-order chi connectivity index (χ0) is 18.5. The maximum Gasteiger partial charge on any atom is 0.573 e. The number of allylic oxidation sites excluding steroid dienone is 2. The van der Waals surface area contributed by atoms with E-state index in [0.717, 1.165) is 17.5 Å². The summed E-state index contributed by atoms with van der Waals surface area (Å²) in [7, 11) is 0. The van der Waals surface area contributed by atoms with Crippen LogP contribution in [0.1, 0.15) is 29.5 Å². The van der Waals surface area contributed by atoms with Crippen molar-refractivity contribution in [2.24, 2.45) is 5.92 Å². The number of fused-ring (bicyclic) bond motifs is 3. The van der Waals surface area contributed by atoms with Gasteiger partial charge < -0.3 is 10.1 Å². The number of rotatable bonds is 2. The molecule has 26 heavy (non-hydrogen) atoms. The molecule has 136 valence electrons. The lowest BCUT2D eigenvalue weighted by molar-refractivity contribution is -0.274. The van der Waals surface area contributed by atoms with Gasteiger partial charge in [-0.3, -0.25) is 0 Å². The molecule has 1 aliphatic heterocycles. The summed E-state index contributed by atoms with van der Waals surface area (Å²) in [6.45, 7) is 0. The summed E-state index contributed by atoms with van der Waals surface area (Å²) >= 11 is 12.4. The second-order valence-corrected chi connectivity index (χ2v) is 7.28. The number of benzene rings is 2. The zero-order valence-electron chi connectivity index (χ0n) is 13.4. The van der Waals surface area contributed by atoms with Gasteiger partial charge in [-0.1, -0.05) is 47.5 Å². The highest BCUT2D eigenvalue weighted by molar-refractivity contribution is 6.35. The summed E-state index contributed by atoms with van der Waals surface area (Å²) in [5, 5.41) is 4.43. The molecule has 0 bridgehead atoms. The molecule has 0 radical (unpaired) electrons. The normalized spacial score (nSPS) is 24.0. The van der Waals surface area contributed by atoms with Crippen LogP contribution in [-0.2, 0) is 0 Å². The first-order valence-electron chi connectivity index (χ1n) is 8.10. The molecule has 1 heterocycles. The number of hydrogen-bond donors (Lipinski definition) is 1. The number of ether oxygens (including phenoxy) is 1. The molecule has 7 heteroatoms. The molecule has 4 rings (SSSR count). The van der Waals surface area contributed by atoms with E-state index in [1.54, 1.807) is 18.2 Å². The van der Waals surface area contributed by atoms with Crippen LogP contribution in [0.4, 0.5) is 18.9 Å². The topological polar surface area (TPSA) is 21.3 Å². The first kappa shape index (κ1) is 17.6. The third kappa shape index (κ3) is 3.26. The van der Waals surface area contributed by atoms with Crippen molar-refractivity contribution in [3.8, 4) is 5.75 Å².